The first-order valence-corrected chi connectivity index (χ1v) is 11.4. The molecular weight excluding hydrogens is 473 g/mol. The lowest BCUT2D eigenvalue weighted by atomic mass is 9.97. The number of aromatic hydroxyl groups is 1. The lowest BCUT2D eigenvalue weighted by Crippen LogP contribution is -2.29. The van der Waals surface area contributed by atoms with Gasteiger partial charge in [-0.1, -0.05) is 29.8 Å². The first kappa shape index (κ1) is 22.9. The van der Waals surface area contributed by atoms with Gasteiger partial charge in [-0.2, -0.15) is 0 Å². The Bertz CT molecular complexity index is 1530. The van der Waals surface area contributed by atoms with Crippen LogP contribution in [0.25, 0.3) is 11.0 Å². The fourth-order valence-electron chi connectivity index (χ4n) is 4.41. The molecule has 1 aliphatic rings. The van der Waals surface area contributed by atoms with Gasteiger partial charge in [-0.05, 0) is 66.9 Å². The molecule has 1 unspecified atom stereocenters. The van der Waals surface area contributed by atoms with Crippen molar-refractivity contribution >= 4 is 28.5 Å². The zero-order valence-corrected chi connectivity index (χ0v) is 19.7. The lowest BCUT2D eigenvalue weighted by molar-refractivity contribution is 0.0714. The summed E-state index contributed by atoms with van der Waals surface area (Å²) in [6, 6.07) is 12.9. The van der Waals surface area contributed by atoms with Crippen molar-refractivity contribution in [2.75, 3.05) is 6.61 Å². The number of fused-ring (bicyclic) bond motifs is 2. The normalized spacial score (nSPS) is 15.0. The number of ether oxygens (including phenoxy) is 1. The molecule has 0 saturated heterocycles. The molecule has 2 heterocycles. The maximum Gasteiger partial charge on any atom is 0.291 e. The summed E-state index contributed by atoms with van der Waals surface area (Å²) in [7, 11) is 0. The van der Waals surface area contributed by atoms with Gasteiger partial charge in [-0.3, -0.25) is 9.59 Å². The zero-order chi connectivity index (χ0) is 24.9. The summed E-state index contributed by atoms with van der Waals surface area (Å²) >= 11 is 6.28. The Hall–Kier alpha value is -3.84. The van der Waals surface area contributed by atoms with Gasteiger partial charge < -0.3 is 19.2 Å². The van der Waals surface area contributed by atoms with Gasteiger partial charge in [-0.25, -0.2) is 4.39 Å². The van der Waals surface area contributed by atoms with E-state index in [-0.39, 0.29) is 45.8 Å². The van der Waals surface area contributed by atoms with Crippen LogP contribution in [0.15, 0.2) is 63.8 Å². The number of carbonyl (C=O) groups is 1. The number of rotatable bonds is 5. The van der Waals surface area contributed by atoms with E-state index in [1.807, 2.05) is 0 Å². The number of phenolic OH excluding ortho intramolecular Hbond substituents is 1. The zero-order valence-electron chi connectivity index (χ0n) is 19.0. The largest absolute Gasteiger partial charge is 0.504 e. The predicted molar refractivity (Wildman–Crippen MR) is 130 cm³/mol. The Morgan fingerprint density at radius 2 is 1.86 bits per heavy atom. The van der Waals surface area contributed by atoms with Crippen LogP contribution in [0.4, 0.5) is 4.39 Å². The first-order chi connectivity index (χ1) is 16.8. The minimum atomic E-state index is -0.817. The van der Waals surface area contributed by atoms with Crippen LogP contribution in [0.2, 0.25) is 5.02 Å². The maximum atomic E-state index is 13.7. The number of carbonyl (C=O) groups excluding carboxylic acids is 1. The van der Waals surface area contributed by atoms with Gasteiger partial charge >= 0.3 is 0 Å². The Morgan fingerprint density at radius 1 is 1.11 bits per heavy atom. The third kappa shape index (κ3) is 3.91. The Morgan fingerprint density at radius 3 is 2.57 bits per heavy atom. The van der Waals surface area contributed by atoms with Gasteiger partial charge in [0.25, 0.3) is 5.91 Å². The minimum Gasteiger partial charge on any atom is -0.504 e. The fraction of sp³-hybridized carbons (Fsp3) is 0.185. The molecule has 8 heteroatoms. The lowest BCUT2D eigenvalue weighted by Gasteiger charge is -2.25. The van der Waals surface area contributed by atoms with E-state index >= 15 is 0 Å². The molecule has 6 nitrogen and oxygen atoms in total. The van der Waals surface area contributed by atoms with Crippen molar-refractivity contribution in [3.63, 3.8) is 0 Å². The van der Waals surface area contributed by atoms with Crippen molar-refractivity contribution in [1.82, 2.24) is 4.90 Å². The number of hydrogen-bond acceptors (Lipinski definition) is 5. The highest BCUT2D eigenvalue weighted by molar-refractivity contribution is 6.32. The van der Waals surface area contributed by atoms with E-state index in [9.17, 15) is 19.1 Å². The molecule has 1 aromatic heterocycles. The number of amides is 1. The average Bonchev–Trinajstić information content (AvgIpc) is 3.10. The third-order valence-corrected chi connectivity index (χ3v) is 6.52. The molecule has 35 heavy (non-hydrogen) atoms. The molecule has 3 aromatic carbocycles. The van der Waals surface area contributed by atoms with Gasteiger partial charge in [0.2, 0.25) is 5.76 Å². The highest BCUT2D eigenvalue weighted by Gasteiger charge is 2.43. The molecule has 1 N–H and O–H groups in total. The van der Waals surface area contributed by atoms with E-state index in [2.05, 4.69) is 0 Å². The second-order valence-corrected chi connectivity index (χ2v) is 8.80. The summed E-state index contributed by atoms with van der Waals surface area (Å²) in [5.74, 6) is -0.736. The standard InChI is InChI=1S/C27H21ClFNO5/c1-3-34-22-11-16(6-9-20(22)31)24-23-25(32)18-12-19(28)14(2)10-21(18)35-26(23)27(33)30(24)13-15-4-7-17(29)8-5-15/h4-12,24,31H,3,13H2,1-2H3. The smallest absolute Gasteiger partial charge is 0.291 e. The molecule has 1 aliphatic heterocycles. The van der Waals surface area contributed by atoms with Crippen LogP contribution in [0.1, 0.15) is 45.8 Å². The van der Waals surface area contributed by atoms with Gasteiger partial charge in [0, 0.05) is 11.6 Å². The average molecular weight is 494 g/mol. The van der Waals surface area contributed by atoms with Crippen LogP contribution in [0.5, 0.6) is 11.5 Å². The summed E-state index contributed by atoms with van der Waals surface area (Å²) in [6.07, 6.45) is 0. The highest BCUT2D eigenvalue weighted by Crippen LogP contribution is 2.41. The van der Waals surface area contributed by atoms with Gasteiger partial charge in [0.1, 0.15) is 11.4 Å². The summed E-state index contributed by atoms with van der Waals surface area (Å²) in [5.41, 5.74) is 2.04. The monoisotopic (exact) mass is 493 g/mol. The topological polar surface area (TPSA) is 80.0 Å². The van der Waals surface area contributed by atoms with Crippen molar-refractivity contribution < 1.29 is 23.4 Å². The predicted octanol–water partition coefficient (Wildman–Crippen LogP) is 5.74. The van der Waals surface area contributed by atoms with E-state index in [1.165, 1.54) is 23.1 Å². The number of benzene rings is 3. The molecule has 4 aromatic rings. The minimum absolute atomic E-state index is 0.0534. The number of halogens is 2. The van der Waals surface area contributed by atoms with E-state index in [0.29, 0.717) is 28.3 Å². The number of nitrogens with zero attached hydrogens (tertiary/aromatic N) is 1. The van der Waals surface area contributed by atoms with Gasteiger partial charge in [0.15, 0.2) is 16.9 Å². The van der Waals surface area contributed by atoms with E-state index in [1.54, 1.807) is 50.2 Å². The van der Waals surface area contributed by atoms with E-state index in [0.717, 1.165) is 0 Å². The Labute approximate surface area is 205 Å². The van der Waals surface area contributed by atoms with Crippen molar-refractivity contribution in [3.05, 3.63) is 104 Å². The molecule has 0 radical (unpaired) electrons. The van der Waals surface area contributed by atoms with Crippen molar-refractivity contribution in [3.8, 4) is 11.5 Å². The van der Waals surface area contributed by atoms with Crippen LogP contribution in [-0.4, -0.2) is 22.5 Å². The van der Waals surface area contributed by atoms with E-state index in [4.69, 9.17) is 20.8 Å². The molecule has 0 fully saturated rings. The number of hydrogen-bond donors (Lipinski definition) is 1. The third-order valence-electron chi connectivity index (χ3n) is 6.11. The second kappa shape index (κ2) is 8.74. The Kier molecular flexibility index (Phi) is 5.73. The fourth-order valence-corrected chi connectivity index (χ4v) is 4.57. The van der Waals surface area contributed by atoms with Gasteiger partial charge in [0.05, 0.1) is 23.6 Å². The molecule has 0 spiro atoms. The second-order valence-electron chi connectivity index (χ2n) is 8.39. The molecule has 0 saturated carbocycles. The Balaban J connectivity index is 1.73. The van der Waals surface area contributed by atoms with Gasteiger partial charge in [-0.15, -0.1) is 0 Å². The van der Waals surface area contributed by atoms with Crippen LogP contribution in [0, 0.1) is 12.7 Å². The summed E-state index contributed by atoms with van der Waals surface area (Å²) in [6.45, 7) is 4.00. The summed E-state index contributed by atoms with van der Waals surface area (Å²) < 4.78 is 25.0. The molecular formula is C27H21ClFNO5. The SMILES string of the molecule is CCOc1cc(C2c3c(oc4cc(C)c(Cl)cc4c3=O)C(=O)N2Cc2ccc(F)cc2)ccc1O. The maximum absolute atomic E-state index is 13.7. The molecule has 1 amide bonds. The van der Waals surface area contributed by atoms with Crippen molar-refractivity contribution in [2.45, 2.75) is 26.4 Å². The van der Waals surface area contributed by atoms with Crippen LogP contribution in [-0.2, 0) is 6.54 Å². The first-order valence-electron chi connectivity index (χ1n) is 11.1. The van der Waals surface area contributed by atoms with Crippen molar-refractivity contribution in [2.24, 2.45) is 0 Å². The summed E-state index contributed by atoms with van der Waals surface area (Å²) in [5, 5.41) is 10.9. The van der Waals surface area contributed by atoms with Crippen LogP contribution >= 0.6 is 11.6 Å². The molecule has 0 bridgehead atoms. The molecule has 0 aliphatic carbocycles. The van der Waals surface area contributed by atoms with Crippen molar-refractivity contribution in [1.29, 1.82) is 0 Å². The number of phenols is 1. The molecule has 178 valence electrons. The van der Waals surface area contributed by atoms with E-state index < -0.39 is 17.8 Å². The van der Waals surface area contributed by atoms with Crippen LogP contribution in [0.3, 0.4) is 0 Å². The quantitative estimate of drug-likeness (QED) is 0.383. The molecule has 1 atom stereocenters. The summed E-state index contributed by atoms with van der Waals surface area (Å²) in [4.78, 5) is 28.8. The molecule has 5 rings (SSSR count). The van der Waals surface area contributed by atoms with Crippen LogP contribution < -0.4 is 10.2 Å². The number of aryl methyl sites for hydroxylation is 1. The highest BCUT2D eigenvalue weighted by atomic mass is 35.5.